The minimum Gasteiger partial charge on any atom is -0.348 e. The minimum absolute atomic E-state index is 0.116. The highest BCUT2D eigenvalue weighted by Gasteiger charge is 2.46. The molecule has 1 atom stereocenters. The highest BCUT2D eigenvalue weighted by molar-refractivity contribution is 7.08. The van der Waals surface area contributed by atoms with E-state index in [0.717, 1.165) is 12.0 Å². The molecule has 0 N–H and O–H groups in total. The maximum absolute atomic E-state index is 13.0. The molecule has 1 aliphatic heterocycles. The van der Waals surface area contributed by atoms with Crippen molar-refractivity contribution in [2.45, 2.75) is 26.2 Å². The van der Waals surface area contributed by atoms with Gasteiger partial charge in [0.05, 0.1) is 5.41 Å². The first kappa shape index (κ1) is 18.6. The van der Waals surface area contributed by atoms with Crippen molar-refractivity contribution in [2.24, 2.45) is 5.41 Å². The topological polar surface area (TPSA) is 40.6 Å². The van der Waals surface area contributed by atoms with E-state index >= 15 is 0 Å². The average molecular weight is 371 g/mol. The smallest absolute Gasteiger partial charge is 0.230 e. The van der Waals surface area contributed by atoms with Gasteiger partial charge in [-0.2, -0.15) is 11.3 Å². The lowest BCUT2D eigenvalue weighted by Crippen LogP contribution is -2.44. The van der Waals surface area contributed by atoms with Crippen molar-refractivity contribution in [3.05, 3.63) is 46.7 Å². The first-order valence-electron chi connectivity index (χ1n) is 9.06. The standard InChI is InChI=1S/C21H26N2O2S/c1-4-19(24)23-11-10-21(15-23,20(25)22(2)3)13-16-5-7-17(8-6-16)18-9-12-26-14-18/h5-9,12,14H,4,10-11,13,15H2,1-3H3. The van der Waals surface area contributed by atoms with Crippen molar-refractivity contribution >= 4 is 23.2 Å². The monoisotopic (exact) mass is 370 g/mol. The van der Waals surface area contributed by atoms with Gasteiger partial charge in [-0.1, -0.05) is 31.2 Å². The van der Waals surface area contributed by atoms with Crippen molar-refractivity contribution in [2.75, 3.05) is 27.2 Å². The molecule has 138 valence electrons. The molecule has 2 amide bonds. The molecule has 0 spiro atoms. The molecular formula is C21H26N2O2S. The van der Waals surface area contributed by atoms with Gasteiger partial charge in [0.15, 0.2) is 0 Å². The van der Waals surface area contributed by atoms with Crippen LogP contribution >= 0.6 is 11.3 Å². The summed E-state index contributed by atoms with van der Waals surface area (Å²) in [5, 5.41) is 4.21. The first-order chi connectivity index (χ1) is 12.4. The van der Waals surface area contributed by atoms with Gasteiger partial charge >= 0.3 is 0 Å². The van der Waals surface area contributed by atoms with Crippen LogP contribution in [-0.4, -0.2) is 48.8 Å². The maximum Gasteiger partial charge on any atom is 0.230 e. The second kappa shape index (κ2) is 7.62. The van der Waals surface area contributed by atoms with Gasteiger partial charge in [0.1, 0.15) is 0 Å². The third-order valence-corrected chi connectivity index (χ3v) is 5.90. The third kappa shape index (κ3) is 3.68. The molecule has 0 saturated carbocycles. The number of carbonyl (C=O) groups excluding carboxylic acids is 2. The average Bonchev–Trinajstić information content (AvgIpc) is 3.32. The Balaban J connectivity index is 1.82. The Kier molecular flexibility index (Phi) is 5.47. The molecule has 1 aliphatic rings. The summed E-state index contributed by atoms with van der Waals surface area (Å²) in [7, 11) is 3.60. The molecule has 1 fully saturated rings. The van der Waals surface area contributed by atoms with Gasteiger partial charge in [0, 0.05) is 33.6 Å². The van der Waals surface area contributed by atoms with Crippen LogP contribution in [0.1, 0.15) is 25.3 Å². The molecule has 2 aromatic rings. The van der Waals surface area contributed by atoms with Crippen molar-refractivity contribution in [3.63, 3.8) is 0 Å². The van der Waals surface area contributed by atoms with Gasteiger partial charge in [-0.3, -0.25) is 9.59 Å². The molecule has 0 bridgehead atoms. The summed E-state index contributed by atoms with van der Waals surface area (Å²) in [5.41, 5.74) is 3.04. The lowest BCUT2D eigenvalue weighted by atomic mass is 9.79. The van der Waals surface area contributed by atoms with E-state index in [2.05, 4.69) is 41.1 Å². The maximum atomic E-state index is 13.0. The predicted octanol–water partition coefficient (Wildman–Crippen LogP) is 3.67. The summed E-state index contributed by atoms with van der Waals surface area (Å²) in [6, 6.07) is 10.6. The molecule has 3 rings (SSSR count). The van der Waals surface area contributed by atoms with E-state index in [1.807, 2.05) is 11.8 Å². The van der Waals surface area contributed by atoms with Crippen LogP contribution in [0.2, 0.25) is 0 Å². The Hall–Kier alpha value is -2.14. The second-order valence-corrected chi connectivity index (χ2v) is 8.06. The largest absolute Gasteiger partial charge is 0.348 e. The van der Waals surface area contributed by atoms with E-state index in [4.69, 9.17) is 0 Å². The minimum atomic E-state index is -0.516. The van der Waals surface area contributed by atoms with Gasteiger partial charge < -0.3 is 9.80 Å². The van der Waals surface area contributed by atoms with Gasteiger partial charge in [-0.05, 0) is 46.4 Å². The number of thiophene rings is 1. The second-order valence-electron chi connectivity index (χ2n) is 7.28. The Morgan fingerprint density at radius 2 is 1.88 bits per heavy atom. The summed E-state index contributed by atoms with van der Waals surface area (Å²) in [5.74, 6) is 0.247. The third-order valence-electron chi connectivity index (χ3n) is 5.22. The zero-order chi connectivity index (χ0) is 18.7. The van der Waals surface area contributed by atoms with Crippen LogP contribution in [0.4, 0.5) is 0 Å². The molecule has 1 saturated heterocycles. The first-order valence-corrected chi connectivity index (χ1v) is 10.0. The van der Waals surface area contributed by atoms with Crippen LogP contribution in [0.3, 0.4) is 0 Å². The molecule has 1 aromatic carbocycles. The SMILES string of the molecule is CCC(=O)N1CCC(Cc2ccc(-c3ccsc3)cc2)(C(=O)N(C)C)C1. The van der Waals surface area contributed by atoms with Crippen LogP contribution in [0.25, 0.3) is 11.1 Å². The number of benzene rings is 1. The Morgan fingerprint density at radius 1 is 1.15 bits per heavy atom. The summed E-state index contributed by atoms with van der Waals surface area (Å²) < 4.78 is 0. The van der Waals surface area contributed by atoms with E-state index in [1.54, 1.807) is 30.3 Å². The van der Waals surface area contributed by atoms with Gasteiger partial charge in [-0.25, -0.2) is 0 Å². The van der Waals surface area contributed by atoms with E-state index in [9.17, 15) is 9.59 Å². The van der Waals surface area contributed by atoms with E-state index < -0.39 is 5.41 Å². The molecule has 1 aromatic heterocycles. The zero-order valence-electron chi connectivity index (χ0n) is 15.7. The molecule has 1 unspecified atom stereocenters. The van der Waals surface area contributed by atoms with Gasteiger partial charge in [0.2, 0.25) is 11.8 Å². The lowest BCUT2D eigenvalue weighted by Gasteiger charge is -2.31. The number of nitrogens with zero attached hydrogens (tertiary/aromatic N) is 2. The van der Waals surface area contributed by atoms with Gasteiger partial charge in [-0.15, -0.1) is 0 Å². The molecule has 2 heterocycles. The van der Waals surface area contributed by atoms with Crippen LogP contribution in [0, 0.1) is 5.41 Å². The van der Waals surface area contributed by atoms with E-state index in [0.29, 0.717) is 25.9 Å². The highest BCUT2D eigenvalue weighted by Crippen LogP contribution is 2.36. The summed E-state index contributed by atoms with van der Waals surface area (Å²) in [4.78, 5) is 28.6. The van der Waals surface area contributed by atoms with Crippen molar-refractivity contribution in [1.29, 1.82) is 0 Å². The summed E-state index contributed by atoms with van der Waals surface area (Å²) >= 11 is 1.69. The van der Waals surface area contributed by atoms with Crippen LogP contribution in [-0.2, 0) is 16.0 Å². The fraction of sp³-hybridized carbons (Fsp3) is 0.429. The fourth-order valence-corrected chi connectivity index (χ4v) is 4.48. The number of rotatable bonds is 5. The fourth-order valence-electron chi connectivity index (χ4n) is 3.81. The quantitative estimate of drug-likeness (QED) is 0.806. The van der Waals surface area contributed by atoms with E-state index in [1.165, 1.54) is 11.1 Å². The Labute approximate surface area is 159 Å². The van der Waals surface area contributed by atoms with Crippen LogP contribution in [0.15, 0.2) is 41.1 Å². The Bertz CT molecular complexity index is 768. The zero-order valence-corrected chi connectivity index (χ0v) is 16.5. The van der Waals surface area contributed by atoms with Gasteiger partial charge in [0.25, 0.3) is 0 Å². The molecule has 0 radical (unpaired) electrons. The molecule has 0 aliphatic carbocycles. The van der Waals surface area contributed by atoms with Crippen LogP contribution < -0.4 is 0 Å². The molecular weight excluding hydrogens is 344 g/mol. The number of amides is 2. The lowest BCUT2D eigenvalue weighted by molar-refractivity contribution is -0.139. The molecule has 5 heteroatoms. The van der Waals surface area contributed by atoms with Crippen molar-refractivity contribution in [3.8, 4) is 11.1 Å². The normalized spacial score (nSPS) is 19.6. The number of hydrogen-bond donors (Lipinski definition) is 0. The summed E-state index contributed by atoms with van der Waals surface area (Å²) in [6.45, 7) is 3.06. The molecule has 26 heavy (non-hydrogen) atoms. The van der Waals surface area contributed by atoms with Crippen LogP contribution in [0.5, 0.6) is 0 Å². The summed E-state index contributed by atoms with van der Waals surface area (Å²) in [6.07, 6.45) is 1.88. The number of carbonyl (C=O) groups is 2. The predicted molar refractivity (Wildman–Crippen MR) is 106 cm³/mol. The highest BCUT2D eigenvalue weighted by atomic mass is 32.1. The Morgan fingerprint density at radius 3 is 2.46 bits per heavy atom. The van der Waals surface area contributed by atoms with Crippen molar-refractivity contribution < 1.29 is 9.59 Å². The molecule has 4 nitrogen and oxygen atoms in total. The van der Waals surface area contributed by atoms with Crippen molar-refractivity contribution in [1.82, 2.24) is 9.80 Å². The number of hydrogen-bond acceptors (Lipinski definition) is 3. The van der Waals surface area contributed by atoms with E-state index in [-0.39, 0.29) is 11.8 Å². The number of likely N-dealkylation sites (tertiary alicyclic amines) is 1.